The lowest BCUT2D eigenvalue weighted by Gasteiger charge is -2.22. The average molecular weight is 349 g/mol. The van der Waals surface area contributed by atoms with Crippen LogP contribution in [0.15, 0.2) is 39.6 Å². The lowest BCUT2D eigenvalue weighted by atomic mass is 10.2. The Morgan fingerprint density at radius 3 is 2.38 bits per heavy atom. The number of benzene rings is 1. The molecule has 0 bridgehead atoms. The van der Waals surface area contributed by atoms with Crippen molar-refractivity contribution in [1.29, 1.82) is 0 Å². The minimum atomic E-state index is -3.96. The van der Waals surface area contributed by atoms with E-state index in [9.17, 15) is 18.3 Å². The van der Waals surface area contributed by atoms with Gasteiger partial charge in [-0.05, 0) is 32.3 Å². The SMILES string of the molecule is Cc1oc(C)c(S(=O)(=O)N(Cc2ccccc2)C2CC2)c1C(=O)O. The maximum Gasteiger partial charge on any atom is 0.340 e. The molecule has 6 nitrogen and oxygen atoms in total. The summed E-state index contributed by atoms with van der Waals surface area (Å²) >= 11 is 0. The molecule has 1 fully saturated rings. The summed E-state index contributed by atoms with van der Waals surface area (Å²) in [4.78, 5) is 11.3. The van der Waals surface area contributed by atoms with Crippen LogP contribution in [0.2, 0.25) is 0 Å². The molecule has 1 aromatic carbocycles. The molecular formula is C17H19NO5S. The van der Waals surface area contributed by atoms with Gasteiger partial charge >= 0.3 is 5.97 Å². The van der Waals surface area contributed by atoms with Crippen LogP contribution in [0.3, 0.4) is 0 Å². The standard InChI is InChI=1S/C17H19NO5S/c1-11-15(17(19)20)16(12(2)23-11)24(21,22)18(14-8-9-14)10-13-6-4-3-5-7-13/h3-7,14H,8-10H2,1-2H3,(H,19,20). The van der Waals surface area contributed by atoms with Crippen molar-refractivity contribution in [1.82, 2.24) is 4.31 Å². The fraction of sp³-hybridized carbons (Fsp3) is 0.353. The Labute approximate surface area is 140 Å². The van der Waals surface area contributed by atoms with Crippen molar-refractivity contribution in [2.75, 3.05) is 0 Å². The summed E-state index contributed by atoms with van der Waals surface area (Å²) in [6.07, 6.45) is 1.56. The maximum absolute atomic E-state index is 13.2. The van der Waals surface area contributed by atoms with Gasteiger partial charge in [-0.3, -0.25) is 0 Å². The van der Waals surface area contributed by atoms with Crippen molar-refractivity contribution in [3.63, 3.8) is 0 Å². The first-order chi connectivity index (χ1) is 11.3. The van der Waals surface area contributed by atoms with E-state index in [-0.39, 0.29) is 34.6 Å². The predicted molar refractivity (Wildman–Crippen MR) is 87.3 cm³/mol. The van der Waals surface area contributed by atoms with Crippen molar-refractivity contribution in [2.24, 2.45) is 0 Å². The summed E-state index contributed by atoms with van der Waals surface area (Å²) in [5.74, 6) is -1.07. The second-order valence-corrected chi connectivity index (χ2v) is 7.82. The van der Waals surface area contributed by atoms with E-state index >= 15 is 0 Å². The highest BCUT2D eigenvalue weighted by Gasteiger charge is 2.42. The third-order valence-corrected chi connectivity index (χ3v) is 6.17. The highest BCUT2D eigenvalue weighted by atomic mass is 32.2. The molecule has 0 spiro atoms. The molecule has 1 aliphatic carbocycles. The number of hydrogen-bond acceptors (Lipinski definition) is 4. The van der Waals surface area contributed by atoms with Gasteiger partial charge in [0, 0.05) is 12.6 Å². The summed E-state index contributed by atoms with van der Waals surface area (Å²) in [6, 6.07) is 9.19. The van der Waals surface area contributed by atoms with E-state index in [1.807, 2.05) is 30.3 Å². The van der Waals surface area contributed by atoms with Crippen LogP contribution in [-0.4, -0.2) is 29.8 Å². The third kappa shape index (κ3) is 2.97. The van der Waals surface area contributed by atoms with Crippen LogP contribution in [0.25, 0.3) is 0 Å². The summed E-state index contributed by atoms with van der Waals surface area (Å²) in [5, 5.41) is 9.41. The Balaban J connectivity index is 2.06. The van der Waals surface area contributed by atoms with E-state index in [1.165, 1.54) is 18.2 Å². The molecule has 1 heterocycles. The number of sulfonamides is 1. The normalized spacial score (nSPS) is 15.0. The first-order valence-corrected chi connectivity index (χ1v) is 9.15. The Morgan fingerprint density at radius 1 is 1.21 bits per heavy atom. The zero-order valence-corrected chi connectivity index (χ0v) is 14.3. The van der Waals surface area contributed by atoms with E-state index in [2.05, 4.69) is 0 Å². The van der Waals surface area contributed by atoms with E-state index in [4.69, 9.17) is 4.42 Å². The first kappa shape index (κ1) is 16.7. The van der Waals surface area contributed by atoms with Gasteiger partial charge in [0.1, 0.15) is 22.0 Å². The van der Waals surface area contributed by atoms with Crippen LogP contribution in [-0.2, 0) is 16.6 Å². The fourth-order valence-corrected chi connectivity index (χ4v) is 4.93. The molecule has 2 aromatic rings. The van der Waals surface area contributed by atoms with Gasteiger partial charge < -0.3 is 9.52 Å². The van der Waals surface area contributed by atoms with Crippen LogP contribution in [0.1, 0.15) is 40.3 Å². The molecule has 1 aromatic heterocycles. The number of aromatic carboxylic acids is 1. The second-order valence-electron chi connectivity index (χ2n) is 5.99. The van der Waals surface area contributed by atoms with Gasteiger partial charge in [0.15, 0.2) is 0 Å². The molecule has 0 radical (unpaired) electrons. The minimum Gasteiger partial charge on any atom is -0.478 e. The van der Waals surface area contributed by atoms with Gasteiger partial charge in [0.05, 0.1) is 0 Å². The lowest BCUT2D eigenvalue weighted by Crippen LogP contribution is -2.33. The first-order valence-electron chi connectivity index (χ1n) is 7.71. The Bertz CT molecular complexity index is 866. The van der Waals surface area contributed by atoms with Gasteiger partial charge in [-0.25, -0.2) is 13.2 Å². The van der Waals surface area contributed by atoms with Gasteiger partial charge in [0.2, 0.25) is 10.0 Å². The third-order valence-electron chi connectivity index (χ3n) is 4.12. The smallest absolute Gasteiger partial charge is 0.340 e. The average Bonchev–Trinajstić information content (AvgIpc) is 3.29. The van der Waals surface area contributed by atoms with Gasteiger partial charge in [-0.15, -0.1) is 0 Å². The van der Waals surface area contributed by atoms with Crippen LogP contribution < -0.4 is 0 Å². The fourth-order valence-electron chi connectivity index (χ4n) is 2.87. The van der Waals surface area contributed by atoms with Gasteiger partial charge in [0.25, 0.3) is 0 Å². The monoisotopic (exact) mass is 349 g/mol. The van der Waals surface area contributed by atoms with Gasteiger partial charge in [-0.2, -0.15) is 4.31 Å². The molecule has 1 saturated carbocycles. The zero-order chi connectivity index (χ0) is 17.5. The van der Waals surface area contributed by atoms with Crippen LogP contribution in [0.5, 0.6) is 0 Å². The Hall–Kier alpha value is -2.12. The van der Waals surface area contributed by atoms with Crippen LogP contribution in [0.4, 0.5) is 0 Å². The summed E-state index contributed by atoms with van der Waals surface area (Å²) in [6.45, 7) is 3.17. The number of carboxylic acids is 1. The number of furan rings is 1. The second kappa shape index (κ2) is 6.07. The molecule has 0 saturated heterocycles. The summed E-state index contributed by atoms with van der Waals surface area (Å²) < 4.78 is 33.1. The molecule has 0 atom stereocenters. The van der Waals surface area contributed by atoms with Gasteiger partial charge in [-0.1, -0.05) is 30.3 Å². The molecule has 0 aliphatic heterocycles. The highest BCUT2D eigenvalue weighted by Crippen LogP contribution is 2.37. The van der Waals surface area contributed by atoms with E-state index in [1.54, 1.807) is 0 Å². The molecule has 0 unspecified atom stereocenters. The Morgan fingerprint density at radius 2 is 1.83 bits per heavy atom. The molecule has 1 aliphatic rings. The largest absolute Gasteiger partial charge is 0.478 e. The molecule has 1 N–H and O–H groups in total. The number of carboxylic acid groups (broad SMARTS) is 1. The van der Waals surface area contributed by atoms with Crippen LogP contribution >= 0.6 is 0 Å². The van der Waals surface area contributed by atoms with Crippen molar-refractivity contribution in [3.8, 4) is 0 Å². The van der Waals surface area contributed by atoms with Crippen molar-refractivity contribution in [2.45, 2.75) is 44.2 Å². The zero-order valence-electron chi connectivity index (χ0n) is 13.5. The predicted octanol–water partition coefficient (Wildman–Crippen LogP) is 2.95. The number of carbonyl (C=O) groups is 1. The van der Waals surface area contributed by atoms with E-state index < -0.39 is 16.0 Å². The Kier molecular flexibility index (Phi) is 4.23. The molecule has 128 valence electrons. The number of aryl methyl sites for hydroxylation is 2. The van der Waals surface area contributed by atoms with Crippen molar-refractivity contribution in [3.05, 3.63) is 53.0 Å². The quantitative estimate of drug-likeness (QED) is 0.866. The van der Waals surface area contributed by atoms with Crippen LogP contribution in [0, 0.1) is 13.8 Å². The molecule has 0 amide bonds. The highest BCUT2D eigenvalue weighted by molar-refractivity contribution is 7.89. The topological polar surface area (TPSA) is 87.8 Å². The lowest BCUT2D eigenvalue weighted by molar-refractivity contribution is 0.0691. The number of nitrogens with zero attached hydrogens (tertiary/aromatic N) is 1. The summed E-state index contributed by atoms with van der Waals surface area (Å²) in [5.41, 5.74) is 0.592. The minimum absolute atomic E-state index is 0.0912. The molecule has 24 heavy (non-hydrogen) atoms. The number of rotatable bonds is 6. The molecule has 3 rings (SSSR count). The van der Waals surface area contributed by atoms with E-state index in [0.717, 1.165) is 18.4 Å². The maximum atomic E-state index is 13.2. The number of hydrogen-bond donors (Lipinski definition) is 1. The molecule has 7 heteroatoms. The summed E-state index contributed by atoms with van der Waals surface area (Å²) in [7, 11) is -3.96. The van der Waals surface area contributed by atoms with Crippen molar-refractivity contribution < 1.29 is 22.7 Å². The molecular weight excluding hydrogens is 330 g/mol. The van der Waals surface area contributed by atoms with Crippen molar-refractivity contribution >= 4 is 16.0 Å². The van der Waals surface area contributed by atoms with E-state index in [0.29, 0.717) is 0 Å².